The van der Waals surface area contributed by atoms with Crippen LogP contribution in [0, 0.1) is 17.1 Å². The van der Waals surface area contributed by atoms with E-state index < -0.39 is 0 Å². The van der Waals surface area contributed by atoms with E-state index in [1.165, 1.54) is 30.3 Å². The Morgan fingerprint density at radius 3 is 2.50 bits per heavy atom. The van der Waals surface area contributed by atoms with E-state index in [9.17, 15) is 4.39 Å². The summed E-state index contributed by atoms with van der Waals surface area (Å²) in [6, 6.07) is 7.42. The monoisotopic (exact) mass is 181 g/mol. The van der Waals surface area contributed by atoms with E-state index in [-0.39, 0.29) is 5.82 Å². The maximum atomic E-state index is 12.4. The number of nitrogens with zero attached hydrogens (tertiary/aromatic N) is 1. The molecular weight excluding hydrogens is 177 g/mol. The molecule has 0 aliphatic carbocycles. The molecule has 0 spiro atoms. The summed E-state index contributed by atoms with van der Waals surface area (Å²) in [5, 5.41) is 8.58. The van der Waals surface area contributed by atoms with Crippen molar-refractivity contribution in [3.63, 3.8) is 0 Å². The summed E-state index contributed by atoms with van der Waals surface area (Å²) in [6.07, 6.45) is 1.20. The molecule has 3 heteroatoms. The normalized spacial score (nSPS) is 10.9. The van der Waals surface area contributed by atoms with Crippen molar-refractivity contribution in [1.29, 1.82) is 5.26 Å². The van der Waals surface area contributed by atoms with Gasteiger partial charge in [0.15, 0.2) is 0 Å². The van der Waals surface area contributed by atoms with Gasteiger partial charge >= 0.3 is 0 Å². The van der Waals surface area contributed by atoms with Crippen LogP contribution < -0.4 is 0 Å². The van der Waals surface area contributed by atoms with Crippen LogP contribution in [-0.2, 0) is 0 Å². The Balaban J connectivity index is 2.99. The molecule has 0 saturated heterocycles. The smallest absolute Gasteiger partial charge is 0.123 e. The lowest BCUT2D eigenvalue weighted by Gasteiger charge is -1.95. The lowest BCUT2D eigenvalue weighted by molar-refractivity contribution is 0.627. The van der Waals surface area contributed by atoms with E-state index in [1.54, 1.807) is 6.07 Å². The van der Waals surface area contributed by atoms with Gasteiger partial charge in [0.05, 0.1) is 11.1 Å². The Morgan fingerprint density at radius 2 is 2.00 bits per heavy atom. The van der Waals surface area contributed by atoms with Gasteiger partial charge in [0.2, 0.25) is 0 Å². The van der Waals surface area contributed by atoms with E-state index in [2.05, 4.69) is 0 Å². The van der Waals surface area contributed by atoms with Crippen LogP contribution in [0.25, 0.3) is 5.03 Å². The van der Waals surface area contributed by atoms with E-state index in [1.807, 2.05) is 0 Å². The third kappa shape index (κ3) is 2.08. The molecule has 12 heavy (non-hydrogen) atoms. The molecule has 0 atom stereocenters. The molecule has 0 amide bonds. The lowest BCUT2D eigenvalue weighted by Crippen LogP contribution is -1.77. The van der Waals surface area contributed by atoms with E-state index in [0.717, 1.165) is 0 Å². The second kappa shape index (κ2) is 3.89. The van der Waals surface area contributed by atoms with Crippen LogP contribution in [0.4, 0.5) is 4.39 Å². The highest BCUT2D eigenvalue weighted by Gasteiger charge is 1.96. The first kappa shape index (κ1) is 8.76. The molecule has 1 aromatic carbocycles. The largest absolute Gasteiger partial charge is 0.207 e. The van der Waals surface area contributed by atoms with Crippen molar-refractivity contribution in [2.24, 2.45) is 0 Å². The van der Waals surface area contributed by atoms with Crippen LogP contribution in [0.1, 0.15) is 5.56 Å². The molecule has 60 valence electrons. The van der Waals surface area contributed by atoms with Crippen molar-refractivity contribution in [1.82, 2.24) is 0 Å². The number of halogens is 2. The van der Waals surface area contributed by atoms with Crippen molar-refractivity contribution >= 4 is 16.6 Å². The third-order valence-electron chi connectivity index (χ3n) is 1.31. The summed E-state index contributed by atoms with van der Waals surface area (Å²) in [7, 11) is 0. The maximum Gasteiger partial charge on any atom is 0.123 e. The molecule has 0 N–H and O–H groups in total. The first-order chi connectivity index (χ1) is 5.74. The zero-order valence-corrected chi connectivity index (χ0v) is 6.85. The van der Waals surface area contributed by atoms with Crippen molar-refractivity contribution in [3.05, 3.63) is 41.7 Å². The van der Waals surface area contributed by atoms with Crippen LogP contribution in [-0.4, -0.2) is 0 Å². The molecule has 0 fully saturated rings. The van der Waals surface area contributed by atoms with Crippen molar-refractivity contribution in [2.45, 2.75) is 0 Å². The van der Waals surface area contributed by atoms with Gasteiger partial charge in [-0.05, 0) is 17.7 Å². The summed E-state index contributed by atoms with van der Waals surface area (Å²) in [5.41, 5.74) is 0.639. The highest BCUT2D eigenvalue weighted by molar-refractivity contribution is 6.48. The average Bonchev–Trinajstić information content (AvgIpc) is 2.06. The van der Waals surface area contributed by atoms with E-state index in [4.69, 9.17) is 16.9 Å². The van der Waals surface area contributed by atoms with Gasteiger partial charge in [0.1, 0.15) is 5.82 Å². The number of hydrogen-bond donors (Lipinski definition) is 0. The molecule has 0 radical (unpaired) electrons. The summed E-state index contributed by atoms with van der Waals surface area (Å²) in [6.45, 7) is 0. The minimum absolute atomic E-state index is 0.317. The first-order valence-electron chi connectivity index (χ1n) is 3.25. The predicted octanol–water partition coefficient (Wildman–Crippen LogP) is 2.93. The van der Waals surface area contributed by atoms with E-state index in [0.29, 0.717) is 10.6 Å². The van der Waals surface area contributed by atoms with Gasteiger partial charge in [-0.25, -0.2) is 4.39 Å². The molecule has 0 unspecified atom stereocenters. The summed E-state index contributed by atoms with van der Waals surface area (Å²) >= 11 is 5.67. The topological polar surface area (TPSA) is 23.8 Å². The number of rotatable bonds is 1. The highest BCUT2D eigenvalue weighted by Crippen LogP contribution is 2.18. The lowest BCUT2D eigenvalue weighted by atomic mass is 10.2. The predicted molar refractivity (Wildman–Crippen MR) is 45.8 cm³/mol. The van der Waals surface area contributed by atoms with Gasteiger partial charge < -0.3 is 0 Å². The molecule has 0 aliphatic heterocycles. The van der Waals surface area contributed by atoms with Gasteiger partial charge in [-0.1, -0.05) is 23.7 Å². The fraction of sp³-hybridized carbons (Fsp3) is 0. The SMILES string of the molecule is N#CC=C(Cl)c1ccc(F)cc1. The zero-order valence-electron chi connectivity index (χ0n) is 6.09. The summed E-state index contributed by atoms with van der Waals surface area (Å²) in [4.78, 5) is 0. The number of benzene rings is 1. The molecule has 1 nitrogen and oxygen atoms in total. The zero-order chi connectivity index (χ0) is 8.97. The molecule has 0 aromatic heterocycles. The van der Waals surface area contributed by atoms with Crippen LogP contribution in [0.15, 0.2) is 30.3 Å². The van der Waals surface area contributed by atoms with Crippen LogP contribution in [0.2, 0.25) is 0 Å². The van der Waals surface area contributed by atoms with E-state index >= 15 is 0 Å². The van der Waals surface area contributed by atoms with Crippen molar-refractivity contribution in [2.75, 3.05) is 0 Å². The Labute approximate surface area is 74.7 Å². The van der Waals surface area contributed by atoms with Crippen LogP contribution in [0.3, 0.4) is 0 Å². The Hall–Kier alpha value is -1.33. The standard InChI is InChI=1S/C9H5ClFN/c10-9(5-6-12)7-1-3-8(11)4-2-7/h1-5H. The summed E-state index contributed by atoms with van der Waals surface area (Å²) in [5.74, 6) is -0.319. The molecule has 0 bridgehead atoms. The average molecular weight is 182 g/mol. The molecule has 0 aliphatic rings. The maximum absolute atomic E-state index is 12.4. The minimum Gasteiger partial charge on any atom is -0.207 e. The van der Waals surface area contributed by atoms with Gasteiger partial charge in [0.25, 0.3) is 0 Å². The van der Waals surface area contributed by atoms with Crippen LogP contribution >= 0.6 is 11.6 Å². The number of allylic oxidation sites excluding steroid dienone is 1. The molecule has 0 saturated carbocycles. The Bertz CT molecular complexity index is 335. The Kier molecular flexibility index (Phi) is 2.84. The van der Waals surface area contributed by atoms with Crippen LogP contribution in [0.5, 0.6) is 0 Å². The van der Waals surface area contributed by atoms with Gasteiger partial charge in [-0.15, -0.1) is 0 Å². The fourth-order valence-electron chi connectivity index (χ4n) is 0.749. The number of hydrogen-bond acceptors (Lipinski definition) is 1. The summed E-state index contributed by atoms with van der Waals surface area (Å²) < 4.78 is 12.4. The fourth-order valence-corrected chi connectivity index (χ4v) is 0.924. The third-order valence-corrected chi connectivity index (χ3v) is 1.64. The van der Waals surface area contributed by atoms with Gasteiger partial charge in [-0.3, -0.25) is 0 Å². The second-order valence-electron chi connectivity index (χ2n) is 2.13. The van der Waals surface area contributed by atoms with Crippen molar-refractivity contribution < 1.29 is 4.39 Å². The van der Waals surface area contributed by atoms with Gasteiger partial charge in [-0.2, -0.15) is 5.26 Å². The molecule has 1 rings (SSSR count). The molecular formula is C9H5ClFN. The minimum atomic E-state index is -0.319. The molecule has 1 aromatic rings. The highest BCUT2D eigenvalue weighted by atomic mass is 35.5. The number of nitriles is 1. The second-order valence-corrected chi connectivity index (χ2v) is 2.54. The van der Waals surface area contributed by atoms with Crippen molar-refractivity contribution in [3.8, 4) is 6.07 Å². The first-order valence-corrected chi connectivity index (χ1v) is 3.63. The molecule has 0 heterocycles. The quantitative estimate of drug-likeness (QED) is 0.611. The van der Waals surface area contributed by atoms with Gasteiger partial charge in [0, 0.05) is 6.08 Å². The Morgan fingerprint density at radius 1 is 1.42 bits per heavy atom.